The van der Waals surface area contributed by atoms with Gasteiger partial charge >= 0.3 is 11.9 Å². The molecule has 0 aromatic carbocycles. The van der Waals surface area contributed by atoms with Gasteiger partial charge in [0.25, 0.3) is 0 Å². The molecule has 2 unspecified atom stereocenters. The van der Waals surface area contributed by atoms with Gasteiger partial charge in [-0.3, -0.25) is 0 Å². The maximum absolute atomic E-state index is 9.55. The zero-order valence-corrected chi connectivity index (χ0v) is 11.0. The number of aliphatic carboxylic acids is 2. The molecular weight excluding hydrogens is 244 g/mol. The van der Waals surface area contributed by atoms with Crippen LogP contribution in [0.15, 0.2) is 12.2 Å². The highest BCUT2D eigenvalue weighted by Crippen LogP contribution is 1.70. The van der Waals surface area contributed by atoms with Crippen molar-refractivity contribution in [3.8, 4) is 0 Å². The van der Waals surface area contributed by atoms with Crippen molar-refractivity contribution in [1.29, 1.82) is 0 Å². The molecule has 0 spiro atoms. The molecule has 0 saturated heterocycles. The number of hydrogen-bond donors (Lipinski definition) is 4. The monoisotopic (exact) mass is 266 g/mol. The van der Waals surface area contributed by atoms with Crippen LogP contribution in [0.1, 0.15) is 13.8 Å². The third kappa shape index (κ3) is 46.9. The summed E-state index contributed by atoms with van der Waals surface area (Å²) in [6.45, 7) is 3.56. The molecule has 0 aromatic rings. The summed E-state index contributed by atoms with van der Waals surface area (Å²) in [5, 5.41) is 15.6. The van der Waals surface area contributed by atoms with Gasteiger partial charge in [-0.05, 0) is 13.8 Å². The fraction of sp³-hybridized carbons (Fsp3) is 0.600. The minimum Gasteiger partial charge on any atom is -0.478 e. The number of ether oxygens (including phenoxy) is 2. The normalized spacial score (nSPS) is 12.6. The van der Waals surface area contributed by atoms with Gasteiger partial charge in [0.15, 0.2) is 0 Å². The zero-order chi connectivity index (χ0) is 15.1. The van der Waals surface area contributed by atoms with Crippen molar-refractivity contribution in [2.45, 2.75) is 26.3 Å². The minimum atomic E-state index is -1.26. The van der Waals surface area contributed by atoms with Crippen LogP contribution in [0.5, 0.6) is 0 Å². The highest BCUT2D eigenvalue weighted by Gasteiger charge is 1.88. The molecular formula is C10H22N2O6. The predicted molar refractivity (Wildman–Crippen MR) is 65.7 cm³/mol. The number of hydrogen-bond acceptors (Lipinski definition) is 6. The predicted octanol–water partition coefficient (Wildman–Crippen LogP) is -0.413. The van der Waals surface area contributed by atoms with Gasteiger partial charge in [-0.15, -0.1) is 0 Å². The highest BCUT2D eigenvalue weighted by molar-refractivity contribution is 5.89. The molecule has 0 aromatic heterocycles. The van der Waals surface area contributed by atoms with Gasteiger partial charge in [-0.2, -0.15) is 0 Å². The third-order valence-corrected chi connectivity index (χ3v) is 1.11. The molecule has 0 radical (unpaired) electrons. The maximum atomic E-state index is 9.55. The van der Waals surface area contributed by atoms with E-state index in [9.17, 15) is 9.59 Å². The highest BCUT2D eigenvalue weighted by atomic mass is 16.5. The second kappa shape index (κ2) is 15.5. The van der Waals surface area contributed by atoms with Crippen LogP contribution in [0.25, 0.3) is 0 Å². The molecule has 0 aliphatic carbocycles. The van der Waals surface area contributed by atoms with E-state index in [2.05, 4.69) is 9.47 Å². The Labute approximate surface area is 106 Å². The van der Waals surface area contributed by atoms with E-state index >= 15 is 0 Å². The second-order valence-corrected chi connectivity index (χ2v) is 2.89. The average Bonchev–Trinajstić information content (AvgIpc) is 2.27. The number of rotatable bonds is 4. The van der Waals surface area contributed by atoms with Gasteiger partial charge in [0.1, 0.15) is 12.5 Å². The molecule has 0 heterocycles. The van der Waals surface area contributed by atoms with Crippen LogP contribution in [0.2, 0.25) is 0 Å². The summed E-state index contributed by atoms with van der Waals surface area (Å²) >= 11 is 0. The van der Waals surface area contributed by atoms with Crippen molar-refractivity contribution in [3.63, 3.8) is 0 Å². The Hall–Kier alpha value is -1.48. The quantitative estimate of drug-likeness (QED) is 0.396. The van der Waals surface area contributed by atoms with Crippen molar-refractivity contribution in [1.82, 2.24) is 0 Å². The first kappa shape index (κ1) is 21.8. The summed E-state index contributed by atoms with van der Waals surface area (Å²) in [4.78, 5) is 19.1. The summed E-state index contributed by atoms with van der Waals surface area (Å²) in [6.07, 6.45) is 0.884. The molecule has 0 amide bonds. The van der Waals surface area contributed by atoms with E-state index in [1.165, 1.54) is 0 Å². The van der Waals surface area contributed by atoms with Crippen molar-refractivity contribution >= 4 is 11.9 Å². The number of nitrogens with two attached hydrogens (primary N) is 2. The Morgan fingerprint density at radius 3 is 1.17 bits per heavy atom. The first-order chi connectivity index (χ1) is 8.17. The van der Waals surface area contributed by atoms with Crippen LogP contribution in [0.4, 0.5) is 0 Å². The molecule has 0 saturated carbocycles. The topological polar surface area (TPSA) is 145 Å². The van der Waals surface area contributed by atoms with Gasteiger partial charge in [-0.1, -0.05) is 0 Å². The Kier molecular flexibility index (Phi) is 18.8. The van der Waals surface area contributed by atoms with Crippen molar-refractivity contribution in [3.05, 3.63) is 12.2 Å². The van der Waals surface area contributed by atoms with Gasteiger partial charge in [0.2, 0.25) is 0 Å². The molecule has 8 heteroatoms. The molecule has 0 aliphatic rings. The smallest absolute Gasteiger partial charge is 0.328 e. The van der Waals surface area contributed by atoms with Crippen LogP contribution >= 0.6 is 0 Å². The van der Waals surface area contributed by atoms with E-state index < -0.39 is 11.9 Å². The molecule has 0 rings (SSSR count). The Balaban J connectivity index is -0.000000197. The number of carboxylic acids is 2. The van der Waals surface area contributed by atoms with E-state index in [4.69, 9.17) is 21.7 Å². The SMILES string of the molecule is COC(C)N.COC(C)N.O=C(O)/C=C/C(=O)O. The third-order valence-electron chi connectivity index (χ3n) is 1.11. The fourth-order valence-corrected chi connectivity index (χ4v) is 0.143. The molecule has 0 bridgehead atoms. The van der Waals surface area contributed by atoms with Crippen molar-refractivity contribution in [2.75, 3.05) is 14.2 Å². The van der Waals surface area contributed by atoms with E-state index in [-0.39, 0.29) is 12.5 Å². The van der Waals surface area contributed by atoms with Gasteiger partial charge in [-0.25, -0.2) is 9.59 Å². The van der Waals surface area contributed by atoms with Crippen molar-refractivity contribution in [2.24, 2.45) is 11.5 Å². The summed E-state index contributed by atoms with van der Waals surface area (Å²) < 4.78 is 9.06. The fourth-order valence-electron chi connectivity index (χ4n) is 0.143. The van der Waals surface area contributed by atoms with Gasteiger partial charge < -0.3 is 31.2 Å². The molecule has 18 heavy (non-hydrogen) atoms. The summed E-state index contributed by atoms with van der Waals surface area (Å²) in [5.41, 5.74) is 10.1. The molecule has 8 nitrogen and oxygen atoms in total. The molecule has 2 atom stereocenters. The van der Waals surface area contributed by atoms with Gasteiger partial charge in [0, 0.05) is 26.4 Å². The van der Waals surface area contributed by atoms with Crippen LogP contribution in [0, 0.1) is 0 Å². The lowest BCUT2D eigenvalue weighted by atomic mass is 10.5. The molecule has 0 aliphatic heterocycles. The zero-order valence-electron chi connectivity index (χ0n) is 11.0. The lowest BCUT2D eigenvalue weighted by Gasteiger charge is -1.95. The number of carboxylic acid groups (broad SMARTS) is 2. The minimum absolute atomic E-state index is 0.116. The lowest BCUT2D eigenvalue weighted by molar-refractivity contribution is -0.134. The molecule has 6 N–H and O–H groups in total. The van der Waals surface area contributed by atoms with Crippen LogP contribution in [-0.2, 0) is 19.1 Å². The van der Waals surface area contributed by atoms with Crippen molar-refractivity contribution < 1.29 is 29.3 Å². The number of methoxy groups -OCH3 is 2. The van der Waals surface area contributed by atoms with Crippen LogP contribution < -0.4 is 11.5 Å². The Morgan fingerprint density at radius 1 is 0.944 bits per heavy atom. The first-order valence-electron chi connectivity index (χ1n) is 4.88. The molecule has 108 valence electrons. The molecule has 0 fully saturated rings. The van der Waals surface area contributed by atoms with Crippen LogP contribution in [0.3, 0.4) is 0 Å². The van der Waals surface area contributed by atoms with E-state index in [0.29, 0.717) is 12.2 Å². The maximum Gasteiger partial charge on any atom is 0.328 e. The Morgan fingerprint density at radius 2 is 1.11 bits per heavy atom. The Bertz CT molecular complexity index is 217. The standard InChI is InChI=1S/C4H4O4.2C3H9NO/c5-3(6)1-2-4(7)8;2*1-3(4)5-2/h1-2H,(H,5,6)(H,7,8);2*3H,4H2,1-2H3/b2-1+;;. The second-order valence-electron chi connectivity index (χ2n) is 2.89. The lowest BCUT2D eigenvalue weighted by Crippen LogP contribution is -2.15. The van der Waals surface area contributed by atoms with E-state index in [1.807, 2.05) is 0 Å². The summed E-state index contributed by atoms with van der Waals surface area (Å²) in [7, 11) is 3.15. The van der Waals surface area contributed by atoms with E-state index in [0.717, 1.165) is 0 Å². The summed E-state index contributed by atoms with van der Waals surface area (Å²) in [6, 6.07) is 0. The van der Waals surface area contributed by atoms with Gasteiger partial charge in [0.05, 0.1) is 0 Å². The van der Waals surface area contributed by atoms with Crippen LogP contribution in [-0.4, -0.2) is 48.8 Å². The largest absolute Gasteiger partial charge is 0.478 e. The average molecular weight is 266 g/mol. The number of carbonyl (C=O) groups is 2. The summed E-state index contributed by atoms with van der Waals surface area (Å²) in [5.74, 6) is -2.51. The first-order valence-corrected chi connectivity index (χ1v) is 4.88. The van der Waals surface area contributed by atoms with E-state index in [1.54, 1.807) is 28.1 Å².